The quantitative estimate of drug-likeness (QED) is 0.818. The van der Waals surface area contributed by atoms with E-state index in [1.54, 1.807) is 4.90 Å². The Labute approximate surface area is 114 Å². The summed E-state index contributed by atoms with van der Waals surface area (Å²) >= 11 is 0. The number of carbonyl (C=O) groups is 2. The maximum atomic E-state index is 12.0. The van der Waals surface area contributed by atoms with Crippen molar-refractivity contribution < 1.29 is 19.1 Å². The van der Waals surface area contributed by atoms with Crippen molar-refractivity contribution in [2.75, 3.05) is 26.2 Å². The van der Waals surface area contributed by atoms with Gasteiger partial charge in [-0.25, -0.2) is 4.79 Å². The zero-order chi connectivity index (χ0) is 14.5. The second-order valence-electron chi connectivity index (χ2n) is 5.71. The van der Waals surface area contributed by atoms with Gasteiger partial charge in [0.1, 0.15) is 5.60 Å². The molecule has 0 saturated carbocycles. The first-order chi connectivity index (χ1) is 8.78. The van der Waals surface area contributed by atoms with Crippen LogP contribution in [0, 0.1) is 0 Å². The third kappa shape index (κ3) is 6.42. The summed E-state index contributed by atoms with van der Waals surface area (Å²) in [4.78, 5) is 24.6. The molecule has 0 bridgehead atoms. The number of hydrogen-bond acceptors (Lipinski definition) is 4. The molecule has 0 aromatic heterocycles. The lowest BCUT2D eigenvalue weighted by Gasteiger charge is -2.27. The second kappa shape index (κ2) is 6.75. The molecule has 1 heterocycles. The molecule has 6 heteroatoms. The van der Waals surface area contributed by atoms with Gasteiger partial charge in [-0.05, 0) is 27.2 Å². The number of carbonyl (C=O) groups excluding carboxylic acids is 2. The van der Waals surface area contributed by atoms with E-state index in [1.165, 1.54) is 6.92 Å². The number of rotatable bonds is 2. The monoisotopic (exact) mass is 272 g/mol. The van der Waals surface area contributed by atoms with Crippen LogP contribution in [-0.4, -0.2) is 54.8 Å². The van der Waals surface area contributed by atoms with Crippen LogP contribution >= 0.6 is 0 Å². The van der Waals surface area contributed by atoms with E-state index < -0.39 is 5.60 Å². The SMILES string of the molecule is CC(=O)NCC1CN(C(=O)OC(C)(C)C)CCCO1. The Morgan fingerprint density at radius 3 is 2.68 bits per heavy atom. The fourth-order valence-electron chi connectivity index (χ4n) is 1.77. The number of ether oxygens (including phenoxy) is 2. The van der Waals surface area contributed by atoms with Gasteiger partial charge in [0, 0.05) is 26.6 Å². The average molecular weight is 272 g/mol. The first-order valence-corrected chi connectivity index (χ1v) is 6.62. The first kappa shape index (κ1) is 15.8. The molecular formula is C13H24N2O4. The van der Waals surface area contributed by atoms with Crippen LogP contribution in [0.1, 0.15) is 34.1 Å². The van der Waals surface area contributed by atoms with E-state index in [0.717, 1.165) is 6.42 Å². The zero-order valence-corrected chi connectivity index (χ0v) is 12.2. The molecule has 0 spiro atoms. The minimum Gasteiger partial charge on any atom is -0.444 e. The Bertz CT molecular complexity index is 325. The molecule has 1 fully saturated rings. The molecule has 1 aliphatic heterocycles. The van der Waals surface area contributed by atoms with Gasteiger partial charge >= 0.3 is 6.09 Å². The van der Waals surface area contributed by atoms with Crippen molar-refractivity contribution in [1.29, 1.82) is 0 Å². The molecule has 6 nitrogen and oxygen atoms in total. The third-order valence-electron chi connectivity index (χ3n) is 2.58. The van der Waals surface area contributed by atoms with E-state index in [2.05, 4.69) is 5.32 Å². The summed E-state index contributed by atoms with van der Waals surface area (Å²) in [6.45, 7) is 9.04. The summed E-state index contributed by atoms with van der Waals surface area (Å²) in [5.41, 5.74) is -0.503. The van der Waals surface area contributed by atoms with E-state index >= 15 is 0 Å². The molecule has 1 aliphatic rings. The third-order valence-corrected chi connectivity index (χ3v) is 2.58. The summed E-state index contributed by atoms with van der Waals surface area (Å²) in [6.07, 6.45) is 0.264. The molecule has 1 N–H and O–H groups in total. The average Bonchev–Trinajstić information content (AvgIpc) is 2.49. The summed E-state index contributed by atoms with van der Waals surface area (Å²) < 4.78 is 11.0. The maximum absolute atomic E-state index is 12.0. The van der Waals surface area contributed by atoms with Crippen molar-refractivity contribution in [1.82, 2.24) is 10.2 Å². The smallest absolute Gasteiger partial charge is 0.410 e. The normalized spacial score (nSPS) is 20.6. The number of nitrogens with one attached hydrogen (secondary N) is 1. The Morgan fingerprint density at radius 1 is 1.42 bits per heavy atom. The Balaban J connectivity index is 2.52. The lowest BCUT2D eigenvalue weighted by molar-refractivity contribution is -0.119. The van der Waals surface area contributed by atoms with Crippen molar-refractivity contribution >= 4 is 12.0 Å². The Kier molecular flexibility index (Phi) is 5.60. The van der Waals surface area contributed by atoms with Crippen LogP contribution in [0.2, 0.25) is 0 Å². The topological polar surface area (TPSA) is 67.9 Å². The van der Waals surface area contributed by atoms with Crippen molar-refractivity contribution in [3.05, 3.63) is 0 Å². The Morgan fingerprint density at radius 2 is 2.11 bits per heavy atom. The van der Waals surface area contributed by atoms with Crippen molar-refractivity contribution in [3.63, 3.8) is 0 Å². The van der Waals surface area contributed by atoms with Crippen LogP contribution in [0.15, 0.2) is 0 Å². The second-order valence-corrected chi connectivity index (χ2v) is 5.71. The molecule has 110 valence electrons. The highest BCUT2D eigenvalue weighted by molar-refractivity contribution is 5.72. The van der Waals surface area contributed by atoms with Gasteiger partial charge in [0.15, 0.2) is 0 Å². The van der Waals surface area contributed by atoms with Crippen LogP contribution in [-0.2, 0) is 14.3 Å². The molecule has 1 rings (SSSR count). The fraction of sp³-hybridized carbons (Fsp3) is 0.846. The van der Waals surface area contributed by atoms with Gasteiger partial charge in [-0.15, -0.1) is 0 Å². The van der Waals surface area contributed by atoms with Gasteiger partial charge in [-0.3, -0.25) is 4.79 Å². The fourth-order valence-corrected chi connectivity index (χ4v) is 1.77. The van der Waals surface area contributed by atoms with Gasteiger partial charge in [-0.1, -0.05) is 0 Å². The lowest BCUT2D eigenvalue weighted by atomic mass is 10.2. The van der Waals surface area contributed by atoms with Crippen LogP contribution in [0.3, 0.4) is 0 Å². The molecule has 1 unspecified atom stereocenters. The van der Waals surface area contributed by atoms with Crippen molar-refractivity contribution in [3.8, 4) is 0 Å². The molecule has 0 aliphatic carbocycles. The Hall–Kier alpha value is -1.30. The van der Waals surface area contributed by atoms with Gasteiger partial charge in [0.05, 0.1) is 12.6 Å². The van der Waals surface area contributed by atoms with Crippen LogP contribution in [0.4, 0.5) is 4.79 Å². The molecule has 0 aromatic rings. The highest BCUT2D eigenvalue weighted by Crippen LogP contribution is 2.13. The molecule has 0 radical (unpaired) electrons. The van der Waals surface area contributed by atoms with Crippen LogP contribution in [0.25, 0.3) is 0 Å². The number of amides is 2. The molecule has 1 atom stereocenters. The van der Waals surface area contributed by atoms with Gasteiger partial charge in [-0.2, -0.15) is 0 Å². The highest BCUT2D eigenvalue weighted by atomic mass is 16.6. The minimum atomic E-state index is -0.503. The molecule has 0 aromatic carbocycles. The number of nitrogens with zero attached hydrogens (tertiary/aromatic N) is 1. The minimum absolute atomic E-state index is 0.100. The van der Waals surface area contributed by atoms with E-state index in [9.17, 15) is 9.59 Å². The van der Waals surface area contributed by atoms with Gasteiger partial charge < -0.3 is 19.7 Å². The van der Waals surface area contributed by atoms with Crippen LogP contribution < -0.4 is 5.32 Å². The van der Waals surface area contributed by atoms with Crippen molar-refractivity contribution in [2.45, 2.75) is 45.8 Å². The molecule has 19 heavy (non-hydrogen) atoms. The first-order valence-electron chi connectivity index (χ1n) is 6.62. The molecular weight excluding hydrogens is 248 g/mol. The number of hydrogen-bond donors (Lipinski definition) is 1. The summed E-state index contributed by atoms with van der Waals surface area (Å²) in [7, 11) is 0. The van der Waals surface area contributed by atoms with E-state index in [4.69, 9.17) is 9.47 Å². The molecule has 2 amide bonds. The summed E-state index contributed by atoms with van der Waals surface area (Å²) in [6, 6.07) is 0. The highest BCUT2D eigenvalue weighted by Gasteiger charge is 2.26. The maximum Gasteiger partial charge on any atom is 0.410 e. The summed E-state index contributed by atoms with van der Waals surface area (Å²) in [5.74, 6) is -0.100. The lowest BCUT2D eigenvalue weighted by Crippen LogP contribution is -2.43. The van der Waals surface area contributed by atoms with E-state index in [1.807, 2.05) is 20.8 Å². The van der Waals surface area contributed by atoms with Crippen LogP contribution in [0.5, 0.6) is 0 Å². The van der Waals surface area contributed by atoms with Gasteiger partial charge in [0.25, 0.3) is 0 Å². The van der Waals surface area contributed by atoms with Gasteiger partial charge in [0.2, 0.25) is 5.91 Å². The predicted molar refractivity (Wildman–Crippen MR) is 70.8 cm³/mol. The van der Waals surface area contributed by atoms with E-state index in [-0.39, 0.29) is 18.1 Å². The van der Waals surface area contributed by atoms with E-state index in [0.29, 0.717) is 26.2 Å². The zero-order valence-electron chi connectivity index (χ0n) is 12.2. The molecule has 1 saturated heterocycles. The largest absolute Gasteiger partial charge is 0.444 e. The standard InChI is InChI=1S/C13H24N2O4/c1-10(16)14-8-11-9-15(6-5-7-18-11)12(17)19-13(2,3)4/h11H,5-9H2,1-4H3,(H,14,16). The summed E-state index contributed by atoms with van der Waals surface area (Å²) in [5, 5.41) is 2.71. The van der Waals surface area contributed by atoms with Crippen molar-refractivity contribution in [2.24, 2.45) is 0 Å². The predicted octanol–water partition coefficient (Wildman–Crippen LogP) is 1.15.